The molecule has 0 aliphatic carbocycles. The van der Waals surface area contributed by atoms with Gasteiger partial charge in [0.1, 0.15) is 11.6 Å². The summed E-state index contributed by atoms with van der Waals surface area (Å²) in [7, 11) is 0. The minimum absolute atomic E-state index is 0.260. The van der Waals surface area contributed by atoms with Crippen molar-refractivity contribution in [2.24, 2.45) is 0 Å². The fourth-order valence-electron chi connectivity index (χ4n) is 1.63. The molecule has 0 unspecified atom stereocenters. The highest BCUT2D eigenvalue weighted by Gasteiger charge is 2.12. The number of nitrogens with zero attached hydrogens (tertiary/aromatic N) is 2. The van der Waals surface area contributed by atoms with Gasteiger partial charge in [0.15, 0.2) is 0 Å². The number of nitrogens with two attached hydrogens (primary N) is 1. The van der Waals surface area contributed by atoms with Gasteiger partial charge in [-0.05, 0) is 13.3 Å². The normalized spacial score (nSPS) is 10.9. The molecule has 0 bridgehead atoms. The Balaban J connectivity index is 2.63. The number of anilines is 1. The summed E-state index contributed by atoms with van der Waals surface area (Å²) in [5, 5.41) is 0. The molecule has 102 valence electrons. The Morgan fingerprint density at radius 2 is 1.89 bits per heavy atom. The summed E-state index contributed by atoms with van der Waals surface area (Å²) >= 11 is 0. The number of nitrogen functional groups attached to an aromatic ring is 1. The van der Waals surface area contributed by atoms with Crippen molar-refractivity contribution in [2.75, 3.05) is 12.3 Å². The van der Waals surface area contributed by atoms with E-state index in [1.54, 1.807) is 0 Å². The zero-order valence-electron chi connectivity index (χ0n) is 12.0. The van der Waals surface area contributed by atoms with Crippen LogP contribution in [0.5, 0.6) is 5.88 Å². The first kappa shape index (κ1) is 14.7. The van der Waals surface area contributed by atoms with E-state index in [0.29, 0.717) is 18.3 Å². The molecule has 1 aromatic rings. The van der Waals surface area contributed by atoms with Crippen LogP contribution in [0.2, 0.25) is 0 Å². The molecule has 0 saturated carbocycles. The maximum Gasteiger partial charge on any atom is 0.221 e. The molecular weight excluding hydrogens is 226 g/mol. The van der Waals surface area contributed by atoms with Gasteiger partial charge in [-0.2, -0.15) is 4.98 Å². The van der Waals surface area contributed by atoms with Crippen LogP contribution in [0.4, 0.5) is 5.82 Å². The fraction of sp³-hybridized carbons (Fsp3) is 0.714. The predicted octanol–water partition coefficient (Wildman–Crippen LogP) is 3.45. The molecule has 0 amide bonds. The number of unbranched alkanes of at least 4 members (excludes halogenated alkanes) is 3. The lowest BCUT2D eigenvalue weighted by atomic mass is 10.2. The van der Waals surface area contributed by atoms with E-state index in [4.69, 9.17) is 10.5 Å². The second-order valence-corrected chi connectivity index (χ2v) is 4.96. The highest BCUT2D eigenvalue weighted by Crippen LogP contribution is 2.22. The molecule has 0 fully saturated rings. The molecule has 1 aromatic heterocycles. The summed E-state index contributed by atoms with van der Waals surface area (Å²) in [5.74, 6) is 2.18. The van der Waals surface area contributed by atoms with E-state index >= 15 is 0 Å². The van der Waals surface area contributed by atoms with Crippen LogP contribution < -0.4 is 10.5 Å². The van der Waals surface area contributed by atoms with E-state index in [1.807, 2.05) is 6.92 Å². The molecule has 4 nitrogen and oxygen atoms in total. The molecule has 0 aliphatic rings. The smallest absolute Gasteiger partial charge is 0.221 e. The molecular formula is C14H25N3O. The van der Waals surface area contributed by atoms with E-state index in [0.717, 1.165) is 17.8 Å². The van der Waals surface area contributed by atoms with Crippen LogP contribution in [0.15, 0.2) is 0 Å². The lowest BCUT2D eigenvalue weighted by molar-refractivity contribution is 0.290. The van der Waals surface area contributed by atoms with Crippen molar-refractivity contribution < 1.29 is 4.74 Å². The topological polar surface area (TPSA) is 61.0 Å². The van der Waals surface area contributed by atoms with Crippen molar-refractivity contribution in [3.05, 3.63) is 11.4 Å². The molecule has 18 heavy (non-hydrogen) atoms. The molecule has 1 rings (SSSR count). The molecule has 0 atom stereocenters. The van der Waals surface area contributed by atoms with Gasteiger partial charge in [-0.3, -0.25) is 0 Å². The highest BCUT2D eigenvalue weighted by atomic mass is 16.5. The van der Waals surface area contributed by atoms with Gasteiger partial charge >= 0.3 is 0 Å². The molecule has 4 heteroatoms. The quantitative estimate of drug-likeness (QED) is 0.754. The van der Waals surface area contributed by atoms with E-state index in [-0.39, 0.29) is 5.92 Å². The Morgan fingerprint density at radius 1 is 1.17 bits per heavy atom. The van der Waals surface area contributed by atoms with Crippen LogP contribution in [-0.2, 0) is 0 Å². The van der Waals surface area contributed by atoms with E-state index < -0.39 is 0 Å². The number of hydrogen-bond acceptors (Lipinski definition) is 4. The molecule has 0 spiro atoms. The SMILES string of the molecule is CCCCCCOc1nc(C(C)C)nc(N)c1C. The zero-order chi connectivity index (χ0) is 13.5. The number of hydrogen-bond donors (Lipinski definition) is 1. The van der Waals surface area contributed by atoms with Gasteiger partial charge in [0.25, 0.3) is 0 Å². The lowest BCUT2D eigenvalue weighted by Gasteiger charge is -2.12. The summed E-state index contributed by atoms with van der Waals surface area (Å²) in [6.45, 7) is 8.91. The Hall–Kier alpha value is -1.32. The minimum atomic E-state index is 0.260. The summed E-state index contributed by atoms with van der Waals surface area (Å²) in [6.07, 6.45) is 4.75. The molecule has 2 N–H and O–H groups in total. The first-order valence-corrected chi connectivity index (χ1v) is 6.83. The van der Waals surface area contributed by atoms with Crippen LogP contribution in [0.3, 0.4) is 0 Å². The molecule has 0 saturated heterocycles. The van der Waals surface area contributed by atoms with Crippen molar-refractivity contribution in [3.63, 3.8) is 0 Å². The van der Waals surface area contributed by atoms with Crippen molar-refractivity contribution in [2.45, 2.75) is 59.3 Å². The Morgan fingerprint density at radius 3 is 2.50 bits per heavy atom. The first-order valence-electron chi connectivity index (χ1n) is 6.83. The summed E-state index contributed by atoms with van der Waals surface area (Å²) in [5.41, 5.74) is 6.72. The maximum absolute atomic E-state index is 5.88. The van der Waals surface area contributed by atoms with E-state index in [1.165, 1.54) is 19.3 Å². The lowest BCUT2D eigenvalue weighted by Crippen LogP contribution is -2.08. The van der Waals surface area contributed by atoms with Crippen molar-refractivity contribution in [1.29, 1.82) is 0 Å². The van der Waals surface area contributed by atoms with Crippen LogP contribution in [-0.4, -0.2) is 16.6 Å². The fourth-order valence-corrected chi connectivity index (χ4v) is 1.63. The standard InChI is InChI=1S/C14H25N3O/c1-5-6-7-8-9-18-14-11(4)12(15)16-13(17-14)10(2)3/h10H,5-9H2,1-4H3,(H2,15,16,17). The second-order valence-electron chi connectivity index (χ2n) is 4.96. The molecule has 1 heterocycles. The van der Waals surface area contributed by atoms with Crippen LogP contribution in [0, 0.1) is 6.92 Å². The summed E-state index contributed by atoms with van der Waals surface area (Å²) in [4.78, 5) is 8.71. The zero-order valence-corrected chi connectivity index (χ0v) is 12.0. The Labute approximate surface area is 110 Å². The van der Waals surface area contributed by atoms with Gasteiger partial charge in [0, 0.05) is 5.92 Å². The largest absolute Gasteiger partial charge is 0.477 e. The van der Waals surface area contributed by atoms with Crippen LogP contribution in [0.25, 0.3) is 0 Å². The minimum Gasteiger partial charge on any atom is -0.477 e. The number of rotatable bonds is 7. The third-order valence-electron chi connectivity index (χ3n) is 2.91. The van der Waals surface area contributed by atoms with Gasteiger partial charge in [-0.1, -0.05) is 40.0 Å². The maximum atomic E-state index is 5.88. The second kappa shape index (κ2) is 7.19. The third-order valence-corrected chi connectivity index (χ3v) is 2.91. The molecule has 0 aromatic carbocycles. The number of aromatic nitrogens is 2. The van der Waals surface area contributed by atoms with Crippen molar-refractivity contribution in [3.8, 4) is 5.88 Å². The van der Waals surface area contributed by atoms with Gasteiger partial charge in [0.2, 0.25) is 5.88 Å². The Bertz CT molecular complexity index is 378. The average molecular weight is 251 g/mol. The summed E-state index contributed by atoms with van der Waals surface area (Å²) < 4.78 is 5.72. The third kappa shape index (κ3) is 4.17. The highest BCUT2D eigenvalue weighted by molar-refractivity contribution is 5.44. The van der Waals surface area contributed by atoms with E-state index in [9.17, 15) is 0 Å². The predicted molar refractivity (Wildman–Crippen MR) is 74.9 cm³/mol. The number of ether oxygens (including phenoxy) is 1. The summed E-state index contributed by atoms with van der Waals surface area (Å²) in [6, 6.07) is 0. The van der Waals surface area contributed by atoms with E-state index in [2.05, 4.69) is 30.7 Å². The van der Waals surface area contributed by atoms with Crippen LogP contribution >= 0.6 is 0 Å². The first-order chi connectivity index (χ1) is 8.56. The Kier molecular flexibility index (Phi) is 5.89. The van der Waals surface area contributed by atoms with Crippen molar-refractivity contribution >= 4 is 5.82 Å². The van der Waals surface area contributed by atoms with Gasteiger partial charge in [-0.25, -0.2) is 4.98 Å². The molecule has 0 aliphatic heterocycles. The van der Waals surface area contributed by atoms with Gasteiger partial charge in [-0.15, -0.1) is 0 Å². The average Bonchev–Trinajstić information content (AvgIpc) is 2.33. The van der Waals surface area contributed by atoms with Crippen LogP contribution in [0.1, 0.15) is 63.8 Å². The molecule has 0 radical (unpaired) electrons. The van der Waals surface area contributed by atoms with Crippen molar-refractivity contribution in [1.82, 2.24) is 9.97 Å². The van der Waals surface area contributed by atoms with Gasteiger partial charge in [0.05, 0.1) is 12.2 Å². The monoisotopic (exact) mass is 251 g/mol. The van der Waals surface area contributed by atoms with Gasteiger partial charge < -0.3 is 10.5 Å².